The van der Waals surface area contributed by atoms with E-state index in [2.05, 4.69) is 4.90 Å². The molecule has 2 atom stereocenters. The van der Waals surface area contributed by atoms with Gasteiger partial charge in [0.1, 0.15) is 0 Å². The second-order valence-corrected chi connectivity index (χ2v) is 5.79. The van der Waals surface area contributed by atoms with Gasteiger partial charge in [-0.15, -0.1) is 0 Å². The lowest BCUT2D eigenvalue weighted by Gasteiger charge is -2.26. The number of benzene rings is 1. The second kappa shape index (κ2) is 7.55. The molecule has 0 saturated carbocycles. The third kappa shape index (κ3) is 3.90. The summed E-state index contributed by atoms with van der Waals surface area (Å²) in [5, 5.41) is 8.96. The van der Waals surface area contributed by atoms with E-state index >= 15 is 0 Å². The van der Waals surface area contributed by atoms with Crippen molar-refractivity contribution in [1.82, 2.24) is 4.90 Å². The van der Waals surface area contributed by atoms with Crippen LogP contribution in [0.25, 0.3) is 0 Å². The molecule has 1 fully saturated rings. The number of hydrogen-bond donors (Lipinski definition) is 1. The van der Waals surface area contributed by atoms with Crippen LogP contribution in [-0.2, 0) is 0 Å². The van der Waals surface area contributed by atoms with E-state index in [1.54, 1.807) is 0 Å². The van der Waals surface area contributed by atoms with Crippen molar-refractivity contribution in [3.05, 3.63) is 35.9 Å². The van der Waals surface area contributed by atoms with Crippen molar-refractivity contribution in [3.8, 4) is 0 Å². The SMILES string of the molecule is CC(CN1CCCC1CCCO)C(=O)c1ccccc1. The molecule has 2 rings (SSSR count). The van der Waals surface area contributed by atoms with Gasteiger partial charge in [-0.1, -0.05) is 37.3 Å². The monoisotopic (exact) mass is 275 g/mol. The maximum Gasteiger partial charge on any atom is 0.166 e. The van der Waals surface area contributed by atoms with Crippen LogP contribution in [0.15, 0.2) is 30.3 Å². The van der Waals surface area contributed by atoms with Crippen molar-refractivity contribution < 1.29 is 9.90 Å². The predicted molar refractivity (Wildman–Crippen MR) is 80.9 cm³/mol. The van der Waals surface area contributed by atoms with Gasteiger partial charge in [-0.2, -0.15) is 0 Å². The maximum atomic E-state index is 12.4. The van der Waals surface area contributed by atoms with E-state index in [0.717, 1.165) is 31.5 Å². The van der Waals surface area contributed by atoms with Gasteiger partial charge in [0, 0.05) is 30.7 Å². The summed E-state index contributed by atoms with van der Waals surface area (Å²) in [4.78, 5) is 14.8. The molecule has 0 aliphatic carbocycles. The molecule has 3 nitrogen and oxygen atoms in total. The first-order chi connectivity index (χ1) is 9.72. The molecule has 0 aromatic heterocycles. The Morgan fingerprint density at radius 1 is 1.40 bits per heavy atom. The van der Waals surface area contributed by atoms with Gasteiger partial charge in [0.05, 0.1) is 0 Å². The Kier molecular flexibility index (Phi) is 5.74. The minimum Gasteiger partial charge on any atom is -0.396 e. The number of aliphatic hydroxyl groups excluding tert-OH is 1. The molecule has 1 aromatic carbocycles. The topological polar surface area (TPSA) is 40.5 Å². The number of carbonyl (C=O) groups is 1. The fourth-order valence-electron chi connectivity index (χ4n) is 3.11. The third-order valence-corrected chi connectivity index (χ3v) is 4.21. The Morgan fingerprint density at radius 2 is 2.15 bits per heavy atom. The third-order valence-electron chi connectivity index (χ3n) is 4.21. The van der Waals surface area contributed by atoms with Crippen LogP contribution in [-0.4, -0.2) is 41.5 Å². The smallest absolute Gasteiger partial charge is 0.166 e. The number of ketones is 1. The van der Waals surface area contributed by atoms with Gasteiger partial charge < -0.3 is 5.11 Å². The number of likely N-dealkylation sites (tertiary alicyclic amines) is 1. The van der Waals surface area contributed by atoms with Crippen LogP contribution in [0, 0.1) is 5.92 Å². The van der Waals surface area contributed by atoms with Crippen LogP contribution in [0.3, 0.4) is 0 Å². The number of rotatable bonds is 7. The average Bonchev–Trinajstić information content (AvgIpc) is 2.92. The summed E-state index contributed by atoms with van der Waals surface area (Å²) in [6.07, 6.45) is 4.32. The molecule has 1 N–H and O–H groups in total. The van der Waals surface area contributed by atoms with E-state index in [-0.39, 0.29) is 18.3 Å². The normalized spacial score (nSPS) is 21.0. The molecule has 1 heterocycles. The largest absolute Gasteiger partial charge is 0.396 e. The molecular weight excluding hydrogens is 250 g/mol. The van der Waals surface area contributed by atoms with Gasteiger partial charge in [0.15, 0.2) is 5.78 Å². The molecule has 3 heteroatoms. The fourth-order valence-corrected chi connectivity index (χ4v) is 3.11. The fraction of sp³-hybridized carbons (Fsp3) is 0.588. The Balaban J connectivity index is 1.90. The summed E-state index contributed by atoms with van der Waals surface area (Å²) >= 11 is 0. The van der Waals surface area contributed by atoms with Crippen LogP contribution in [0.5, 0.6) is 0 Å². The van der Waals surface area contributed by atoms with E-state index in [1.807, 2.05) is 37.3 Å². The molecule has 20 heavy (non-hydrogen) atoms. The summed E-state index contributed by atoms with van der Waals surface area (Å²) in [7, 11) is 0. The Hall–Kier alpha value is -1.19. The predicted octanol–water partition coefficient (Wildman–Crippen LogP) is 2.74. The van der Waals surface area contributed by atoms with Crippen LogP contribution in [0.2, 0.25) is 0 Å². The van der Waals surface area contributed by atoms with E-state index < -0.39 is 0 Å². The van der Waals surface area contributed by atoms with Crippen LogP contribution < -0.4 is 0 Å². The minimum atomic E-state index is 0.0344. The van der Waals surface area contributed by atoms with Crippen LogP contribution in [0.1, 0.15) is 43.0 Å². The van der Waals surface area contributed by atoms with Crippen molar-refractivity contribution >= 4 is 5.78 Å². The quantitative estimate of drug-likeness (QED) is 0.778. The molecule has 1 saturated heterocycles. The van der Waals surface area contributed by atoms with Gasteiger partial charge in [-0.25, -0.2) is 0 Å². The van der Waals surface area contributed by atoms with Crippen molar-refractivity contribution in [2.75, 3.05) is 19.7 Å². The zero-order chi connectivity index (χ0) is 14.4. The lowest BCUT2D eigenvalue weighted by atomic mass is 9.98. The summed E-state index contributed by atoms with van der Waals surface area (Å²) < 4.78 is 0. The van der Waals surface area contributed by atoms with E-state index in [4.69, 9.17) is 5.11 Å². The van der Waals surface area contributed by atoms with Crippen molar-refractivity contribution in [1.29, 1.82) is 0 Å². The van der Waals surface area contributed by atoms with E-state index in [0.29, 0.717) is 6.04 Å². The minimum absolute atomic E-state index is 0.0344. The number of nitrogens with zero attached hydrogens (tertiary/aromatic N) is 1. The zero-order valence-corrected chi connectivity index (χ0v) is 12.3. The molecule has 1 aliphatic rings. The summed E-state index contributed by atoms with van der Waals surface area (Å²) in [6.45, 7) is 4.21. The van der Waals surface area contributed by atoms with Crippen molar-refractivity contribution in [2.24, 2.45) is 5.92 Å². The summed E-state index contributed by atoms with van der Waals surface area (Å²) in [5.41, 5.74) is 0.811. The standard InChI is InChI=1S/C17H25NO2/c1-14(17(20)15-7-3-2-4-8-15)13-18-11-5-9-16(18)10-6-12-19/h2-4,7-8,14,16,19H,5-6,9-13H2,1H3. The second-order valence-electron chi connectivity index (χ2n) is 5.79. The summed E-state index contributed by atoms with van der Waals surface area (Å²) in [6, 6.07) is 10.1. The average molecular weight is 275 g/mol. The van der Waals surface area contributed by atoms with E-state index in [9.17, 15) is 4.79 Å². The molecule has 1 aliphatic heterocycles. The van der Waals surface area contributed by atoms with Gasteiger partial charge >= 0.3 is 0 Å². The molecule has 1 aromatic rings. The number of carbonyl (C=O) groups excluding carboxylic acids is 1. The lowest BCUT2D eigenvalue weighted by Crippen LogP contribution is -2.35. The molecule has 0 bridgehead atoms. The lowest BCUT2D eigenvalue weighted by molar-refractivity contribution is 0.0883. The molecule has 0 radical (unpaired) electrons. The van der Waals surface area contributed by atoms with Crippen molar-refractivity contribution in [2.45, 2.75) is 38.6 Å². The van der Waals surface area contributed by atoms with Gasteiger partial charge in [0.25, 0.3) is 0 Å². The van der Waals surface area contributed by atoms with Gasteiger partial charge in [-0.3, -0.25) is 9.69 Å². The number of hydrogen-bond acceptors (Lipinski definition) is 3. The molecule has 0 amide bonds. The first kappa shape index (κ1) is 15.2. The van der Waals surface area contributed by atoms with Crippen LogP contribution in [0.4, 0.5) is 0 Å². The Labute approximate surface area is 121 Å². The van der Waals surface area contributed by atoms with Crippen LogP contribution >= 0.6 is 0 Å². The highest BCUT2D eigenvalue weighted by Crippen LogP contribution is 2.23. The van der Waals surface area contributed by atoms with E-state index in [1.165, 1.54) is 12.8 Å². The first-order valence-corrected chi connectivity index (χ1v) is 7.66. The summed E-state index contributed by atoms with van der Waals surface area (Å²) in [5.74, 6) is 0.269. The highest BCUT2D eigenvalue weighted by atomic mass is 16.2. The molecular formula is C17H25NO2. The van der Waals surface area contributed by atoms with Gasteiger partial charge in [0.2, 0.25) is 0 Å². The maximum absolute atomic E-state index is 12.4. The first-order valence-electron chi connectivity index (χ1n) is 7.66. The zero-order valence-electron chi connectivity index (χ0n) is 12.3. The highest BCUT2D eigenvalue weighted by Gasteiger charge is 2.27. The molecule has 0 spiro atoms. The Bertz CT molecular complexity index is 418. The highest BCUT2D eigenvalue weighted by molar-refractivity contribution is 5.97. The van der Waals surface area contributed by atoms with Gasteiger partial charge in [-0.05, 0) is 32.2 Å². The molecule has 2 unspecified atom stereocenters. The Morgan fingerprint density at radius 3 is 2.85 bits per heavy atom. The number of Topliss-reactive ketones (excluding diaryl/α,β-unsaturated/α-hetero) is 1. The molecule has 110 valence electrons. The van der Waals surface area contributed by atoms with Crippen molar-refractivity contribution in [3.63, 3.8) is 0 Å². The number of aliphatic hydroxyl groups is 1.